The van der Waals surface area contributed by atoms with E-state index in [2.05, 4.69) is 11.8 Å². The fraction of sp³-hybridized carbons (Fsp3) is 0.286. The number of benzene rings is 1. The lowest BCUT2D eigenvalue weighted by molar-refractivity contribution is 0.288. The summed E-state index contributed by atoms with van der Waals surface area (Å²) in [6, 6.07) is 9.87. The molecule has 0 saturated carbocycles. The van der Waals surface area contributed by atoms with Crippen LogP contribution in [0.4, 0.5) is 0 Å². The highest BCUT2D eigenvalue weighted by Crippen LogP contribution is 2.21. The zero-order valence-electron chi connectivity index (χ0n) is 9.41. The molecule has 0 aliphatic rings. The van der Waals surface area contributed by atoms with E-state index in [-0.39, 0.29) is 0 Å². The molecule has 0 saturated heterocycles. The second kappa shape index (κ2) is 5.38. The van der Waals surface area contributed by atoms with Crippen LogP contribution in [0, 0.1) is 11.8 Å². The van der Waals surface area contributed by atoms with E-state index in [1.807, 2.05) is 44.2 Å². The molecule has 0 bridgehead atoms. The van der Waals surface area contributed by atoms with Crippen molar-refractivity contribution in [3.05, 3.63) is 41.5 Å². The molecule has 1 nitrogen and oxygen atoms in total. The van der Waals surface area contributed by atoms with Gasteiger partial charge >= 0.3 is 0 Å². The maximum absolute atomic E-state index is 9.90. The maximum Gasteiger partial charge on any atom is 0.140 e. The van der Waals surface area contributed by atoms with Gasteiger partial charge in [-0.2, -0.15) is 0 Å². The van der Waals surface area contributed by atoms with Gasteiger partial charge in [0.05, 0.1) is 0 Å². The van der Waals surface area contributed by atoms with E-state index >= 15 is 0 Å². The van der Waals surface area contributed by atoms with Crippen molar-refractivity contribution in [2.45, 2.75) is 26.9 Å². The summed E-state index contributed by atoms with van der Waals surface area (Å²) in [6.45, 7) is 5.71. The molecule has 1 aromatic carbocycles. The van der Waals surface area contributed by atoms with E-state index < -0.39 is 6.10 Å². The summed E-state index contributed by atoms with van der Waals surface area (Å²) in [5, 5.41) is 9.90. The molecule has 0 aromatic heterocycles. The molecule has 0 heterocycles. The van der Waals surface area contributed by atoms with Gasteiger partial charge in [-0.3, -0.25) is 0 Å². The molecule has 1 aromatic rings. The van der Waals surface area contributed by atoms with Gasteiger partial charge in [0.25, 0.3) is 0 Å². The summed E-state index contributed by atoms with van der Waals surface area (Å²) in [7, 11) is 0. The largest absolute Gasteiger partial charge is 0.376 e. The Morgan fingerprint density at radius 1 is 1.20 bits per heavy atom. The van der Waals surface area contributed by atoms with E-state index in [1.165, 1.54) is 0 Å². The van der Waals surface area contributed by atoms with Gasteiger partial charge in [0.2, 0.25) is 0 Å². The molecule has 1 N–H and O–H groups in total. The topological polar surface area (TPSA) is 20.2 Å². The van der Waals surface area contributed by atoms with Crippen LogP contribution < -0.4 is 0 Å². The normalized spacial score (nSPS) is 11.2. The van der Waals surface area contributed by atoms with Crippen molar-refractivity contribution in [3.8, 4) is 11.8 Å². The van der Waals surface area contributed by atoms with E-state index in [9.17, 15) is 5.11 Å². The monoisotopic (exact) mass is 200 g/mol. The third-order valence-electron chi connectivity index (χ3n) is 2.18. The lowest BCUT2D eigenvalue weighted by Gasteiger charge is -2.12. The molecule has 78 valence electrons. The van der Waals surface area contributed by atoms with Crippen LogP contribution in [0.15, 0.2) is 35.9 Å². The van der Waals surface area contributed by atoms with Gasteiger partial charge in [-0.05, 0) is 31.9 Å². The molecular weight excluding hydrogens is 184 g/mol. The van der Waals surface area contributed by atoms with Gasteiger partial charge in [0.1, 0.15) is 6.10 Å². The molecule has 1 atom stereocenters. The third-order valence-corrected chi connectivity index (χ3v) is 2.18. The number of aliphatic hydroxyl groups excluding tert-OH is 1. The minimum atomic E-state index is -0.692. The average molecular weight is 200 g/mol. The molecule has 0 aliphatic carbocycles. The number of hydrogen-bond donors (Lipinski definition) is 1. The lowest BCUT2D eigenvalue weighted by Crippen LogP contribution is -2.07. The van der Waals surface area contributed by atoms with Crippen LogP contribution in [-0.4, -0.2) is 11.2 Å². The molecule has 0 radical (unpaired) electrons. The van der Waals surface area contributed by atoms with Crippen molar-refractivity contribution >= 4 is 5.57 Å². The van der Waals surface area contributed by atoms with Crippen LogP contribution in [-0.2, 0) is 0 Å². The van der Waals surface area contributed by atoms with Crippen molar-refractivity contribution in [3.63, 3.8) is 0 Å². The van der Waals surface area contributed by atoms with Crippen LogP contribution in [0.5, 0.6) is 0 Å². The summed E-state index contributed by atoms with van der Waals surface area (Å²) >= 11 is 0. The first-order valence-electron chi connectivity index (χ1n) is 5.00. The molecular formula is C14H16O. The SMILES string of the molecule is CC#CC(O)C(=C(C)C)c1ccccc1. The van der Waals surface area contributed by atoms with Crippen molar-refractivity contribution in [1.29, 1.82) is 0 Å². The first kappa shape index (κ1) is 11.6. The van der Waals surface area contributed by atoms with Gasteiger partial charge in [0, 0.05) is 0 Å². The average Bonchev–Trinajstić information content (AvgIpc) is 2.19. The number of rotatable bonds is 2. The Labute approximate surface area is 91.5 Å². The molecule has 0 fully saturated rings. The zero-order chi connectivity index (χ0) is 11.3. The third kappa shape index (κ3) is 2.97. The van der Waals surface area contributed by atoms with E-state index in [1.54, 1.807) is 6.92 Å². The minimum absolute atomic E-state index is 0.692. The Kier molecular flexibility index (Phi) is 4.15. The second-order valence-corrected chi connectivity index (χ2v) is 3.58. The molecule has 1 unspecified atom stereocenters. The van der Waals surface area contributed by atoms with Gasteiger partial charge < -0.3 is 5.11 Å². The van der Waals surface area contributed by atoms with Crippen LogP contribution in [0.25, 0.3) is 5.57 Å². The highest BCUT2D eigenvalue weighted by molar-refractivity contribution is 5.73. The summed E-state index contributed by atoms with van der Waals surface area (Å²) < 4.78 is 0. The molecule has 15 heavy (non-hydrogen) atoms. The Morgan fingerprint density at radius 2 is 1.80 bits per heavy atom. The Morgan fingerprint density at radius 3 is 2.27 bits per heavy atom. The summed E-state index contributed by atoms with van der Waals surface area (Å²) in [5.74, 6) is 5.51. The van der Waals surface area contributed by atoms with E-state index in [4.69, 9.17) is 0 Å². The zero-order valence-corrected chi connectivity index (χ0v) is 9.41. The van der Waals surface area contributed by atoms with Gasteiger partial charge in [-0.25, -0.2) is 0 Å². The van der Waals surface area contributed by atoms with Crippen LogP contribution >= 0.6 is 0 Å². The number of hydrogen-bond acceptors (Lipinski definition) is 1. The van der Waals surface area contributed by atoms with Crippen molar-refractivity contribution < 1.29 is 5.11 Å². The van der Waals surface area contributed by atoms with Gasteiger partial charge in [-0.1, -0.05) is 41.8 Å². The maximum atomic E-state index is 9.90. The van der Waals surface area contributed by atoms with Crippen LogP contribution in [0.3, 0.4) is 0 Å². The van der Waals surface area contributed by atoms with E-state index in [0.717, 1.165) is 16.7 Å². The minimum Gasteiger partial charge on any atom is -0.376 e. The summed E-state index contributed by atoms with van der Waals surface area (Å²) in [6.07, 6.45) is -0.692. The molecule has 0 spiro atoms. The summed E-state index contributed by atoms with van der Waals surface area (Å²) in [5.41, 5.74) is 3.04. The Bertz CT molecular complexity index is 400. The Balaban J connectivity index is 3.15. The Hall–Kier alpha value is -1.52. The molecule has 1 rings (SSSR count). The fourth-order valence-corrected chi connectivity index (χ4v) is 1.55. The van der Waals surface area contributed by atoms with Crippen molar-refractivity contribution in [2.75, 3.05) is 0 Å². The highest BCUT2D eigenvalue weighted by Gasteiger charge is 2.11. The number of allylic oxidation sites excluding steroid dienone is 1. The predicted molar refractivity (Wildman–Crippen MR) is 64.2 cm³/mol. The molecule has 0 amide bonds. The quantitative estimate of drug-likeness (QED) is 0.728. The van der Waals surface area contributed by atoms with E-state index in [0.29, 0.717) is 0 Å². The van der Waals surface area contributed by atoms with Crippen LogP contribution in [0.1, 0.15) is 26.3 Å². The lowest BCUT2D eigenvalue weighted by atomic mass is 9.96. The highest BCUT2D eigenvalue weighted by atomic mass is 16.3. The van der Waals surface area contributed by atoms with Crippen molar-refractivity contribution in [2.24, 2.45) is 0 Å². The second-order valence-electron chi connectivity index (χ2n) is 3.58. The van der Waals surface area contributed by atoms with Crippen LogP contribution in [0.2, 0.25) is 0 Å². The first-order valence-corrected chi connectivity index (χ1v) is 5.00. The van der Waals surface area contributed by atoms with Gasteiger partial charge in [-0.15, -0.1) is 5.92 Å². The summed E-state index contributed by atoms with van der Waals surface area (Å²) in [4.78, 5) is 0. The molecule has 0 aliphatic heterocycles. The molecule has 1 heteroatoms. The van der Waals surface area contributed by atoms with Crippen molar-refractivity contribution in [1.82, 2.24) is 0 Å². The smallest absolute Gasteiger partial charge is 0.140 e. The fourth-order valence-electron chi connectivity index (χ4n) is 1.55. The number of aliphatic hydroxyl groups is 1. The standard InChI is InChI=1S/C14H16O/c1-4-8-13(15)14(11(2)3)12-9-6-5-7-10-12/h5-7,9-10,13,15H,1-3H3. The first-order chi connectivity index (χ1) is 7.16. The van der Waals surface area contributed by atoms with Gasteiger partial charge in [0.15, 0.2) is 0 Å². The predicted octanol–water partition coefficient (Wildman–Crippen LogP) is 2.86.